The second kappa shape index (κ2) is 9.27. The molecule has 0 bridgehead atoms. The van der Waals surface area contributed by atoms with E-state index < -0.39 is 6.09 Å². The molecule has 0 aliphatic heterocycles. The van der Waals surface area contributed by atoms with Crippen LogP contribution in [0.4, 0.5) is 14.9 Å². The lowest BCUT2D eigenvalue weighted by Crippen LogP contribution is -2.19. The van der Waals surface area contributed by atoms with E-state index in [4.69, 9.17) is 4.74 Å². The number of aromatic nitrogens is 1. The maximum atomic E-state index is 12.6. The predicted molar refractivity (Wildman–Crippen MR) is 122 cm³/mol. The Kier molecular flexibility index (Phi) is 6.09. The Balaban J connectivity index is 1.48. The SMILES string of the molecule is COC(=O)Nc1nc(-c2ccccc2)c(NC(=O)COc2ccc3ccccc3c2)s1. The van der Waals surface area contributed by atoms with Crippen molar-refractivity contribution in [3.63, 3.8) is 0 Å². The largest absolute Gasteiger partial charge is 0.484 e. The van der Waals surface area contributed by atoms with Crippen LogP contribution in [0.5, 0.6) is 5.75 Å². The van der Waals surface area contributed by atoms with Crippen LogP contribution in [0.25, 0.3) is 22.0 Å². The van der Waals surface area contributed by atoms with Crippen LogP contribution in [0, 0.1) is 0 Å². The van der Waals surface area contributed by atoms with Crippen molar-refractivity contribution in [3.05, 3.63) is 72.8 Å². The third-order valence-electron chi connectivity index (χ3n) is 4.41. The van der Waals surface area contributed by atoms with Crippen molar-refractivity contribution in [2.24, 2.45) is 0 Å². The number of fused-ring (bicyclic) bond motifs is 1. The van der Waals surface area contributed by atoms with Gasteiger partial charge in [-0.15, -0.1) is 0 Å². The highest BCUT2D eigenvalue weighted by Crippen LogP contribution is 2.36. The van der Waals surface area contributed by atoms with Crippen molar-refractivity contribution in [2.45, 2.75) is 0 Å². The number of benzene rings is 3. The number of anilines is 2. The lowest BCUT2D eigenvalue weighted by atomic mass is 10.1. The number of amides is 2. The summed E-state index contributed by atoms with van der Waals surface area (Å²) >= 11 is 1.14. The summed E-state index contributed by atoms with van der Waals surface area (Å²) in [7, 11) is 1.27. The van der Waals surface area contributed by atoms with Gasteiger partial charge in [0, 0.05) is 5.56 Å². The molecule has 4 rings (SSSR count). The normalized spacial score (nSPS) is 10.5. The molecule has 0 aliphatic carbocycles. The Morgan fingerprint density at radius 3 is 2.45 bits per heavy atom. The third-order valence-corrected chi connectivity index (χ3v) is 5.30. The van der Waals surface area contributed by atoms with Gasteiger partial charge in [0.05, 0.1) is 7.11 Å². The Labute approximate surface area is 182 Å². The Bertz CT molecular complexity index is 1220. The van der Waals surface area contributed by atoms with Crippen molar-refractivity contribution in [1.29, 1.82) is 0 Å². The number of rotatable bonds is 6. The van der Waals surface area contributed by atoms with Gasteiger partial charge in [-0.2, -0.15) is 0 Å². The molecule has 0 radical (unpaired) electrons. The standard InChI is InChI=1S/C23H19N3O4S/c1-29-23(28)26-22-25-20(16-8-3-2-4-9-16)21(31-22)24-19(27)14-30-18-12-11-15-7-5-6-10-17(15)13-18/h2-13H,14H2,1H3,(H,24,27)(H,25,26,28). The molecule has 2 amide bonds. The fourth-order valence-electron chi connectivity index (χ4n) is 2.96. The molecule has 4 aromatic rings. The first-order valence-corrected chi connectivity index (χ1v) is 10.3. The van der Waals surface area contributed by atoms with Gasteiger partial charge in [-0.1, -0.05) is 72.0 Å². The first-order valence-electron chi connectivity index (χ1n) is 9.45. The number of nitrogens with zero attached hydrogens (tertiary/aromatic N) is 1. The summed E-state index contributed by atoms with van der Waals surface area (Å²) in [6.45, 7) is -0.162. The maximum Gasteiger partial charge on any atom is 0.413 e. The average Bonchev–Trinajstić information content (AvgIpc) is 3.19. The fourth-order valence-corrected chi connectivity index (χ4v) is 3.85. The maximum absolute atomic E-state index is 12.6. The van der Waals surface area contributed by atoms with Gasteiger partial charge in [0.15, 0.2) is 11.7 Å². The smallest absolute Gasteiger partial charge is 0.413 e. The van der Waals surface area contributed by atoms with E-state index in [9.17, 15) is 9.59 Å². The molecule has 8 heteroatoms. The number of methoxy groups -OCH3 is 1. The first kappa shape index (κ1) is 20.4. The molecule has 0 aliphatic rings. The summed E-state index contributed by atoms with van der Waals surface area (Å²) in [6.07, 6.45) is -0.633. The highest BCUT2D eigenvalue weighted by molar-refractivity contribution is 7.20. The number of thiazole rings is 1. The number of carbonyl (C=O) groups excluding carboxylic acids is 2. The van der Waals surface area contributed by atoms with E-state index in [-0.39, 0.29) is 12.5 Å². The highest BCUT2D eigenvalue weighted by atomic mass is 32.1. The third kappa shape index (κ3) is 4.99. The van der Waals surface area contributed by atoms with Crippen LogP contribution in [0.3, 0.4) is 0 Å². The van der Waals surface area contributed by atoms with E-state index in [2.05, 4.69) is 20.4 Å². The number of hydrogen-bond donors (Lipinski definition) is 2. The molecule has 1 aromatic heterocycles. The van der Waals surface area contributed by atoms with Gasteiger partial charge in [0.2, 0.25) is 0 Å². The summed E-state index contributed by atoms with van der Waals surface area (Å²) in [4.78, 5) is 28.5. The zero-order chi connectivity index (χ0) is 21.6. The van der Waals surface area contributed by atoms with Crippen molar-refractivity contribution in [2.75, 3.05) is 24.4 Å². The molecule has 156 valence electrons. The van der Waals surface area contributed by atoms with Crippen LogP contribution >= 0.6 is 11.3 Å². The van der Waals surface area contributed by atoms with Crippen LogP contribution in [0.15, 0.2) is 72.8 Å². The highest BCUT2D eigenvalue weighted by Gasteiger charge is 2.17. The van der Waals surface area contributed by atoms with Crippen LogP contribution in [0.1, 0.15) is 0 Å². The Morgan fingerprint density at radius 2 is 1.68 bits per heavy atom. The molecule has 0 atom stereocenters. The van der Waals surface area contributed by atoms with Gasteiger partial charge in [-0.3, -0.25) is 10.1 Å². The minimum atomic E-state index is -0.633. The molecule has 31 heavy (non-hydrogen) atoms. The van der Waals surface area contributed by atoms with E-state index in [1.165, 1.54) is 7.11 Å². The molecule has 7 nitrogen and oxygen atoms in total. The fraction of sp³-hybridized carbons (Fsp3) is 0.0870. The average molecular weight is 433 g/mol. The summed E-state index contributed by atoms with van der Waals surface area (Å²) in [6, 6.07) is 23.0. The van der Waals surface area contributed by atoms with Gasteiger partial charge >= 0.3 is 6.09 Å². The van der Waals surface area contributed by atoms with Crippen molar-refractivity contribution < 1.29 is 19.1 Å². The van der Waals surface area contributed by atoms with Gasteiger partial charge < -0.3 is 14.8 Å². The number of ether oxygens (including phenoxy) is 2. The van der Waals surface area contributed by atoms with Crippen LogP contribution in [-0.2, 0) is 9.53 Å². The molecule has 0 fully saturated rings. The molecule has 3 aromatic carbocycles. The zero-order valence-corrected chi connectivity index (χ0v) is 17.4. The molecular formula is C23H19N3O4S. The van der Waals surface area contributed by atoms with Gasteiger partial charge in [0.1, 0.15) is 16.4 Å². The monoisotopic (exact) mass is 433 g/mol. The van der Waals surface area contributed by atoms with Crippen LogP contribution in [-0.4, -0.2) is 30.7 Å². The Morgan fingerprint density at radius 1 is 0.935 bits per heavy atom. The lowest BCUT2D eigenvalue weighted by Gasteiger charge is -2.08. The lowest BCUT2D eigenvalue weighted by molar-refractivity contribution is -0.118. The van der Waals surface area contributed by atoms with E-state index in [1.807, 2.05) is 72.8 Å². The van der Waals surface area contributed by atoms with Crippen molar-refractivity contribution >= 4 is 44.2 Å². The minimum Gasteiger partial charge on any atom is -0.484 e. The summed E-state index contributed by atoms with van der Waals surface area (Å²) in [5.41, 5.74) is 1.36. The molecule has 0 spiro atoms. The molecule has 0 saturated heterocycles. The second-order valence-electron chi connectivity index (χ2n) is 6.53. The first-order chi connectivity index (χ1) is 15.1. The molecular weight excluding hydrogens is 414 g/mol. The molecule has 0 saturated carbocycles. The summed E-state index contributed by atoms with van der Waals surface area (Å²) < 4.78 is 10.3. The number of nitrogens with one attached hydrogen (secondary N) is 2. The minimum absolute atomic E-state index is 0.162. The van der Waals surface area contributed by atoms with Crippen LogP contribution in [0.2, 0.25) is 0 Å². The molecule has 1 heterocycles. The molecule has 2 N–H and O–H groups in total. The van der Waals surface area contributed by atoms with Crippen molar-refractivity contribution in [3.8, 4) is 17.0 Å². The number of hydrogen-bond acceptors (Lipinski definition) is 6. The van der Waals surface area contributed by atoms with Crippen LogP contribution < -0.4 is 15.4 Å². The van der Waals surface area contributed by atoms with Gasteiger partial charge in [0.25, 0.3) is 5.91 Å². The van der Waals surface area contributed by atoms with E-state index in [1.54, 1.807) is 0 Å². The van der Waals surface area contributed by atoms with E-state index >= 15 is 0 Å². The summed E-state index contributed by atoms with van der Waals surface area (Å²) in [5, 5.41) is 8.32. The topological polar surface area (TPSA) is 89.5 Å². The van der Waals surface area contributed by atoms with Gasteiger partial charge in [-0.25, -0.2) is 9.78 Å². The Hall–Kier alpha value is -3.91. The predicted octanol–water partition coefficient (Wildman–Crippen LogP) is 5.16. The van der Waals surface area contributed by atoms with E-state index in [0.29, 0.717) is 21.6 Å². The number of carbonyl (C=O) groups is 2. The second-order valence-corrected chi connectivity index (χ2v) is 7.52. The zero-order valence-electron chi connectivity index (χ0n) is 16.6. The molecule has 0 unspecified atom stereocenters. The van der Waals surface area contributed by atoms with E-state index in [0.717, 1.165) is 27.7 Å². The van der Waals surface area contributed by atoms with Crippen molar-refractivity contribution in [1.82, 2.24) is 4.98 Å². The van der Waals surface area contributed by atoms with Gasteiger partial charge in [-0.05, 0) is 22.9 Å². The summed E-state index contributed by atoms with van der Waals surface area (Å²) in [5.74, 6) is 0.271. The quantitative estimate of drug-likeness (QED) is 0.438.